The zero-order chi connectivity index (χ0) is 11.3. The monoisotopic (exact) mass is 212 g/mol. The molecule has 0 aliphatic heterocycles. The lowest BCUT2D eigenvalue weighted by Crippen LogP contribution is -2.28. The third-order valence-electron chi connectivity index (χ3n) is 2.11. The molecule has 1 unspecified atom stereocenters. The molecule has 0 aromatic carbocycles. The van der Waals surface area contributed by atoms with Crippen LogP contribution < -0.4 is 11.1 Å². The summed E-state index contributed by atoms with van der Waals surface area (Å²) in [6, 6.07) is 0. The van der Waals surface area contributed by atoms with Gasteiger partial charge in [0.1, 0.15) is 0 Å². The van der Waals surface area contributed by atoms with E-state index in [-0.39, 0.29) is 6.54 Å². The molecular formula is C9H16N4O2. The van der Waals surface area contributed by atoms with E-state index in [1.807, 2.05) is 6.92 Å². The van der Waals surface area contributed by atoms with Crippen LogP contribution in [0.25, 0.3) is 0 Å². The molecule has 0 fully saturated rings. The number of nitrogens with two attached hydrogens (primary N) is 1. The average molecular weight is 212 g/mol. The van der Waals surface area contributed by atoms with Crippen LogP contribution in [0, 0.1) is 0 Å². The SMILES string of the molecule is CCC(C)c1noc(CNCC(N)=O)n1. The molecule has 3 N–H and O–H groups in total. The van der Waals surface area contributed by atoms with Crippen LogP contribution >= 0.6 is 0 Å². The molecule has 1 aromatic rings. The Morgan fingerprint density at radius 1 is 1.67 bits per heavy atom. The lowest BCUT2D eigenvalue weighted by molar-refractivity contribution is -0.117. The van der Waals surface area contributed by atoms with Gasteiger partial charge in [0.25, 0.3) is 0 Å². The van der Waals surface area contributed by atoms with E-state index in [2.05, 4.69) is 22.4 Å². The summed E-state index contributed by atoms with van der Waals surface area (Å²) in [6.45, 7) is 4.57. The van der Waals surface area contributed by atoms with Gasteiger partial charge in [-0.05, 0) is 6.42 Å². The van der Waals surface area contributed by atoms with Crippen LogP contribution in [0.15, 0.2) is 4.52 Å². The highest BCUT2D eigenvalue weighted by atomic mass is 16.5. The van der Waals surface area contributed by atoms with Gasteiger partial charge in [0, 0.05) is 5.92 Å². The van der Waals surface area contributed by atoms with Gasteiger partial charge in [-0.15, -0.1) is 0 Å². The molecule has 6 heteroatoms. The standard InChI is InChI=1S/C9H16N4O2/c1-3-6(2)9-12-8(15-13-9)5-11-4-7(10)14/h6,11H,3-5H2,1-2H3,(H2,10,14). The Hall–Kier alpha value is -1.43. The molecule has 0 spiro atoms. The van der Waals surface area contributed by atoms with Gasteiger partial charge in [0.15, 0.2) is 5.82 Å². The number of hydrogen-bond acceptors (Lipinski definition) is 5. The average Bonchev–Trinajstić information content (AvgIpc) is 2.65. The molecular weight excluding hydrogens is 196 g/mol. The van der Waals surface area contributed by atoms with Crippen molar-refractivity contribution in [2.75, 3.05) is 6.54 Å². The molecule has 6 nitrogen and oxygen atoms in total. The largest absolute Gasteiger partial charge is 0.369 e. The van der Waals surface area contributed by atoms with E-state index in [4.69, 9.17) is 10.3 Å². The van der Waals surface area contributed by atoms with Crippen molar-refractivity contribution < 1.29 is 9.32 Å². The summed E-state index contributed by atoms with van der Waals surface area (Å²) in [5.41, 5.74) is 4.96. The fraction of sp³-hybridized carbons (Fsp3) is 0.667. The maximum absolute atomic E-state index is 10.4. The Bertz CT molecular complexity index is 324. The zero-order valence-electron chi connectivity index (χ0n) is 8.99. The predicted octanol–water partition coefficient (Wildman–Crippen LogP) is 0.158. The number of aromatic nitrogens is 2. The number of carbonyl (C=O) groups is 1. The summed E-state index contributed by atoms with van der Waals surface area (Å²) < 4.78 is 4.99. The van der Waals surface area contributed by atoms with E-state index in [1.165, 1.54) is 0 Å². The van der Waals surface area contributed by atoms with Crippen molar-refractivity contribution in [2.45, 2.75) is 32.7 Å². The lowest BCUT2D eigenvalue weighted by atomic mass is 10.1. The van der Waals surface area contributed by atoms with Gasteiger partial charge in [-0.2, -0.15) is 4.98 Å². The van der Waals surface area contributed by atoms with Crippen LogP contribution in [-0.2, 0) is 11.3 Å². The second-order valence-corrected chi connectivity index (χ2v) is 3.43. The minimum Gasteiger partial charge on any atom is -0.369 e. The predicted molar refractivity (Wildman–Crippen MR) is 53.9 cm³/mol. The summed E-state index contributed by atoms with van der Waals surface area (Å²) in [5, 5.41) is 6.64. The number of primary amides is 1. The number of carbonyl (C=O) groups excluding carboxylic acids is 1. The quantitative estimate of drug-likeness (QED) is 0.700. The van der Waals surface area contributed by atoms with Gasteiger partial charge in [-0.25, -0.2) is 0 Å². The number of rotatable bonds is 6. The minimum atomic E-state index is -0.406. The first-order chi connectivity index (χ1) is 7.13. The molecule has 1 aromatic heterocycles. The van der Waals surface area contributed by atoms with Crippen molar-refractivity contribution in [3.8, 4) is 0 Å². The molecule has 1 atom stereocenters. The molecule has 0 bridgehead atoms. The first-order valence-corrected chi connectivity index (χ1v) is 4.95. The van der Waals surface area contributed by atoms with Crippen molar-refractivity contribution in [1.82, 2.24) is 15.5 Å². The van der Waals surface area contributed by atoms with Gasteiger partial charge < -0.3 is 10.3 Å². The maximum Gasteiger partial charge on any atom is 0.240 e. The van der Waals surface area contributed by atoms with Crippen LogP contribution in [-0.4, -0.2) is 22.6 Å². The van der Waals surface area contributed by atoms with E-state index in [9.17, 15) is 4.79 Å². The number of nitrogens with zero attached hydrogens (tertiary/aromatic N) is 2. The highest BCUT2D eigenvalue weighted by Gasteiger charge is 2.11. The third-order valence-corrected chi connectivity index (χ3v) is 2.11. The number of amides is 1. The van der Waals surface area contributed by atoms with Crippen molar-refractivity contribution in [2.24, 2.45) is 5.73 Å². The fourth-order valence-electron chi connectivity index (χ4n) is 1.02. The summed E-state index contributed by atoms with van der Waals surface area (Å²) in [5.74, 6) is 1.07. The number of hydrogen-bond donors (Lipinski definition) is 2. The van der Waals surface area contributed by atoms with Crippen LogP contribution in [0.5, 0.6) is 0 Å². The van der Waals surface area contributed by atoms with Gasteiger partial charge in [0.2, 0.25) is 11.8 Å². The molecule has 84 valence electrons. The Morgan fingerprint density at radius 3 is 3.00 bits per heavy atom. The van der Waals surface area contributed by atoms with Gasteiger partial charge >= 0.3 is 0 Å². The van der Waals surface area contributed by atoms with Crippen LogP contribution in [0.2, 0.25) is 0 Å². The van der Waals surface area contributed by atoms with E-state index in [0.29, 0.717) is 24.2 Å². The van der Waals surface area contributed by atoms with Crippen LogP contribution in [0.4, 0.5) is 0 Å². The van der Waals surface area contributed by atoms with Crippen LogP contribution in [0.1, 0.15) is 37.9 Å². The van der Waals surface area contributed by atoms with Crippen molar-refractivity contribution >= 4 is 5.91 Å². The molecule has 0 radical (unpaired) electrons. The molecule has 0 aliphatic rings. The molecule has 0 aliphatic carbocycles. The van der Waals surface area contributed by atoms with E-state index >= 15 is 0 Å². The smallest absolute Gasteiger partial charge is 0.240 e. The van der Waals surface area contributed by atoms with Crippen LogP contribution in [0.3, 0.4) is 0 Å². The van der Waals surface area contributed by atoms with Crippen molar-refractivity contribution in [3.63, 3.8) is 0 Å². The summed E-state index contributed by atoms with van der Waals surface area (Å²) >= 11 is 0. The first-order valence-electron chi connectivity index (χ1n) is 4.95. The Balaban J connectivity index is 2.42. The highest BCUT2D eigenvalue weighted by molar-refractivity contribution is 5.75. The molecule has 0 saturated carbocycles. The van der Waals surface area contributed by atoms with Crippen molar-refractivity contribution in [3.05, 3.63) is 11.7 Å². The first kappa shape index (κ1) is 11.6. The second kappa shape index (κ2) is 5.45. The highest BCUT2D eigenvalue weighted by Crippen LogP contribution is 2.14. The molecule has 1 heterocycles. The van der Waals surface area contributed by atoms with Gasteiger partial charge in [0.05, 0.1) is 13.1 Å². The summed E-state index contributed by atoms with van der Waals surface area (Å²) in [6.07, 6.45) is 0.966. The lowest BCUT2D eigenvalue weighted by Gasteiger charge is -1.99. The van der Waals surface area contributed by atoms with Gasteiger partial charge in [-0.1, -0.05) is 19.0 Å². The minimum absolute atomic E-state index is 0.112. The Morgan fingerprint density at radius 2 is 2.40 bits per heavy atom. The molecule has 1 rings (SSSR count). The van der Waals surface area contributed by atoms with E-state index < -0.39 is 5.91 Å². The van der Waals surface area contributed by atoms with E-state index in [1.54, 1.807) is 0 Å². The normalized spacial score (nSPS) is 12.7. The zero-order valence-corrected chi connectivity index (χ0v) is 8.99. The Labute approximate surface area is 88.2 Å². The van der Waals surface area contributed by atoms with Gasteiger partial charge in [-0.3, -0.25) is 10.1 Å². The number of nitrogens with one attached hydrogen (secondary N) is 1. The topological polar surface area (TPSA) is 94.0 Å². The molecule has 15 heavy (non-hydrogen) atoms. The Kier molecular flexibility index (Phi) is 4.23. The third kappa shape index (κ3) is 3.67. The summed E-state index contributed by atoms with van der Waals surface area (Å²) in [7, 11) is 0. The summed E-state index contributed by atoms with van der Waals surface area (Å²) in [4.78, 5) is 14.6. The molecule has 1 amide bonds. The molecule has 0 saturated heterocycles. The van der Waals surface area contributed by atoms with E-state index in [0.717, 1.165) is 6.42 Å². The maximum atomic E-state index is 10.4. The van der Waals surface area contributed by atoms with Crippen molar-refractivity contribution in [1.29, 1.82) is 0 Å². The second-order valence-electron chi connectivity index (χ2n) is 3.43. The fourth-order valence-corrected chi connectivity index (χ4v) is 1.02.